The van der Waals surface area contributed by atoms with Crippen LogP contribution in [0.15, 0.2) is 53.6 Å². The van der Waals surface area contributed by atoms with Crippen LogP contribution in [0.4, 0.5) is 18.9 Å². The molecule has 0 atom stereocenters. The van der Waals surface area contributed by atoms with Crippen molar-refractivity contribution in [2.75, 3.05) is 11.1 Å². The maximum absolute atomic E-state index is 12.8. The molecule has 0 saturated heterocycles. The first-order chi connectivity index (χ1) is 13.3. The van der Waals surface area contributed by atoms with Gasteiger partial charge in [-0.05, 0) is 60.9 Å². The van der Waals surface area contributed by atoms with Crippen molar-refractivity contribution in [3.63, 3.8) is 0 Å². The van der Waals surface area contributed by atoms with Crippen molar-refractivity contribution in [2.24, 2.45) is 0 Å². The Morgan fingerprint density at radius 1 is 1.14 bits per heavy atom. The molecule has 146 valence electrons. The molecule has 0 aliphatic rings. The second-order valence-corrected chi connectivity index (χ2v) is 7.37. The Labute approximate surface area is 165 Å². The lowest BCUT2D eigenvalue weighted by atomic mass is 10.1. The van der Waals surface area contributed by atoms with Gasteiger partial charge in [-0.15, -0.1) is 0 Å². The van der Waals surface area contributed by atoms with Gasteiger partial charge < -0.3 is 5.32 Å². The maximum atomic E-state index is 12.8. The van der Waals surface area contributed by atoms with Gasteiger partial charge in [-0.2, -0.15) is 13.2 Å². The first-order valence-corrected chi connectivity index (χ1v) is 9.75. The highest BCUT2D eigenvalue weighted by atomic mass is 32.2. The van der Waals surface area contributed by atoms with Crippen LogP contribution in [0.5, 0.6) is 0 Å². The number of thioether (sulfide) groups is 1. The number of hydrogen-bond donors (Lipinski definition) is 1. The lowest BCUT2D eigenvalue weighted by Crippen LogP contribution is -2.15. The third-order valence-corrected chi connectivity index (χ3v) is 5.34. The van der Waals surface area contributed by atoms with Crippen molar-refractivity contribution in [3.05, 3.63) is 65.2 Å². The highest BCUT2D eigenvalue weighted by Crippen LogP contribution is 2.31. The normalized spacial score (nSPS) is 11.6. The lowest BCUT2D eigenvalue weighted by molar-refractivity contribution is -0.137. The van der Waals surface area contributed by atoms with Crippen molar-refractivity contribution in [1.29, 1.82) is 0 Å². The number of halogens is 3. The van der Waals surface area contributed by atoms with E-state index in [1.165, 1.54) is 29.5 Å². The number of hydrogen-bond acceptors (Lipinski definition) is 3. The number of nitrogens with zero attached hydrogens (tertiary/aromatic N) is 1. The summed E-state index contributed by atoms with van der Waals surface area (Å²) in [6, 6.07) is 12.7. The van der Waals surface area contributed by atoms with Crippen molar-refractivity contribution in [1.82, 2.24) is 4.98 Å². The SMILES string of the molecule is CCc1ccc2nc(SCC(=O)Nc3cccc(C(F)(F)F)c3)c(C)cc2c1. The van der Waals surface area contributed by atoms with Crippen LogP contribution in [0, 0.1) is 6.92 Å². The van der Waals surface area contributed by atoms with Crippen LogP contribution in [0.1, 0.15) is 23.6 Å². The molecule has 1 aromatic heterocycles. The fourth-order valence-corrected chi connectivity index (χ4v) is 3.57. The molecule has 3 aromatic rings. The molecule has 0 aliphatic heterocycles. The summed E-state index contributed by atoms with van der Waals surface area (Å²) < 4.78 is 38.3. The average molecular weight is 404 g/mol. The molecule has 1 heterocycles. The molecule has 28 heavy (non-hydrogen) atoms. The summed E-state index contributed by atoms with van der Waals surface area (Å²) >= 11 is 1.26. The molecule has 1 N–H and O–H groups in total. The van der Waals surface area contributed by atoms with Crippen LogP contribution in [0.2, 0.25) is 0 Å². The van der Waals surface area contributed by atoms with Gasteiger partial charge in [-0.3, -0.25) is 4.79 Å². The number of anilines is 1. The van der Waals surface area contributed by atoms with Crippen LogP contribution in [0.3, 0.4) is 0 Å². The summed E-state index contributed by atoms with van der Waals surface area (Å²) in [4.78, 5) is 16.8. The molecule has 1 amide bonds. The predicted octanol–water partition coefficient (Wildman–Crippen LogP) is 5.86. The number of nitrogens with one attached hydrogen (secondary N) is 1. The fourth-order valence-electron chi connectivity index (χ4n) is 2.78. The summed E-state index contributed by atoms with van der Waals surface area (Å²) in [5.41, 5.74) is 2.36. The minimum Gasteiger partial charge on any atom is -0.325 e. The van der Waals surface area contributed by atoms with E-state index in [0.717, 1.165) is 40.0 Å². The molecule has 0 unspecified atom stereocenters. The number of carbonyl (C=O) groups is 1. The summed E-state index contributed by atoms with van der Waals surface area (Å²) in [6.07, 6.45) is -3.50. The minimum atomic E-state index is -4.45. The van der Waals surface area contributed by atoms with Gasteiger partial charge in [0.2, 0.25) is 5.91 Å². The summed E-state index contributed by atoms with van der Waals surface area (Å²) in [6.45, 7) is 4.02. The molecule has 3 nitrogen and oxygen atoms in total. The molecular weight excluding hydrogens is 385 g/mol. The Morgan fingerprint density at radius 2 is 1.93 bits per heavy atom. The smallest absolute Gasteiger partial charge is 0.325 e. The molecule has 0 fully saturated rings. The van der Waals surface area contributed by atoms with E-state index >= 15 is 0 Å². The highest BCUT2D eigenvalue weighted by molar-refractivity contribution is 8.00. The quantitative estimate of drug-likeness (QED) is 0.542. The number of aryl methyl sites for hydroxylation is 2. The molecule has 0 bridgehead atoms. The van der Waals surface area contributed by atoms with E-state index in [1.807, 2.05) is 25.1 Å². The monoisotopic (exact) mass is 404 g/mol. The van der Waals surface area contributed by atoms with Gasteiger partial charge >= 0.3 is 6.18 Å². The van der Waals surface area contributed by atoms with Gasteiger partial charge in [-0.1, -0.05) is 30.8 Å². The second-order valence-electron chi connectivity index (χ2n) is 6.41. The van der Waals surface area contributed by atoms with Crippen molar-refractivity contribution < 1.29 is 18.0 Å². The van der Waals surface area contributed by atoms with Crippen molar-refractivity contribution in [2.45, 2.75) is 31.5 Å². The van der Waals surface area contributed by atoms with E-state index in [1.54, 1.807) is 0 Å². The number of pyridine rings is 1. The van der Waals surface area contributed by atoms with Gasteiger partial charge in [0.05, 0.1) is 16.8 Å². The summed E-state index contributed by atoms with van der Waals surface area (Å²) in [5.74, 6) is -0.324. The van der Waals surface area contributed by atoms with Crippen LogP contribution in [-0.2, 0) is 17.4 Å². The van der Waals surface area contributed by atoms with Gasteiger partial charge in [0.25, 0.3) is 0 Å². The molecule has 0 spiro atoms. The predicted molar refractivity (Wildman–Crippen MR) is 107 cm³/mol. The van der Waals surface area contributed by atoms with Gasteiger partial charge in [0.1, 0.15) is 5.03 Å². The molecule has 0 aliphatic carbocycles. The zero-order valence-corrected chi connectivity index (χ0v) is 16.2. The van der Waals surface area contributed by atoms with E-state index in [9.17, 15) is 18.0 Å². The first-order valence-electron chi connectivity index (χ1n) is 8.76. The van der Waals surface area contributed by atoms with E-state index in [2.05, 4.69) is 23.3 Å². The zero-order valence-electron chi connectivity index (χ0n) is 15.4. The van der Waals surface area contributed by atoms with E-state index in [-0.39, 0.29) is 17.3 Å². The number of alkyl halides is 3. The molecule has 0 saturated carbocycles. The molecule has 7 heteroatoms. The van der Waals surface area contributed by atoms with Crippen LogP contribution >= 0.6 is 11.8 Å². The number of rotatable bonds is 5. The van der Waals surface area contributed by atoms with Crippen LogP contribution in [-0.4, -0.2) is 16.6 Å². The van der Waals surface area contributed by atoms with Gasteiger partial charge in [0.15, 0.2) is 0 Å². The third-order valence-electron chi connectivity index (χ3n) is 4.25. The zero-order chi connectivity index (χ0) is 20.3. The Balaban J connectivity index is 1.68. The fraction of sp³-hybridized carbons (Fsp3) is 0.238. The van der Waals surface area contributed by atoms with E-state index < -0.39 is 11.7 Å². The Morgan fingerprint density at radius 3 is 2.64 bits per heavy atom. The number of carbonyl (C=O) groups excluding carboxylic acids is 1. The summed E-state index contributed by atoms with van der Waals surface area (Å²) in [7, 11) is 0. The van der Waals surface area contributed by atoms with Crippen LogP contribution < -0.4 is 5.32 Å². The average Bonchev–Trinajstić information content (AvgIpc) is 2.65. The third kappa shape index (κ3) is 4.84. The lowest BCUT2D eigenvalue weighted by Gasteiger charge is -2.10. The number of amides is 1. The largest absolute Gasteiger partial charge is 0.416 e. The van der Waals surface area contributed by atoms with Crippen molar-refractivity contribution in [3.8, 4) is 0 Å². The van der Waals surface area contributed by atoms with Crippen molar-refractivity contribution >= 4 is 34.3 Å². The first kappa shape index (κ1) is 20.2. The Kier molecular flexibility index (Phi) is 5.93. The van der Waals surface area contributed by atoms with Crippen LogP contribution in [0.25, 0.3) is 10.9 Å². The standard InChI is InChI=1S/C21H19F3N2OS/c1-3-14-7-8-18-15(10-14)9-13(2)20(26-18)28-12-19(27)25-17-6-4-5-16(11-17)21(22,23)24/h4-11H,3,12H2,1-2H3,(H,25,27). The number of benzene rings is 2. The maximum Gasteiger partial charge on any atom is 0.416 e. The second kappa shape index (κ2) is 8.22. The topological polar surface area (TPSA) is 42.0 Å². The minimum absolute atomic E-state index is 0.0582. The molecule has 2 aromatic carbocycles. The molecular formula is C21H19F3N2OS. The number of aromatic nitrogens is 1. The van der Waals surface area contributed by atoms with Gasteiger partial charge in [0, 0.05) is 11.1 Å². The highest BCUT2D eigenvalue weighted by Gasteiger charge is 2.30. The van der Waals surface area contributed by atoms with Gasteiger partial charge in [-0.25, -0.2) is 4.98 Å². The summed E-state index contributed by atoms with van der Waals surface area (Å²) in [5, 5.41) is 4.29. The Bertz CT molecular complexity index is 1020. The molecule has 3 rings (SSSR count). The van der Waals surface area contributed by atoms with E-state index in [0.29, 0.717) is 0 Å². The Hall–Kier alpha value is -2.54. The molecule has 0 radical (unpaired) electrons. The number of fused-ring (bicyclic) bond motifs is 1. The van der Waals surface area contributed by atoms with E-state index in [4.69, 9.17) is 0 Å².